The summed E-state index contributed by atoms with van der Waals surface area (Å²) < 4.78 is 15.8. The molecule has 60 valence electrons. The lowest BCUT2D eigenvalue weighted by Gasteiger charge is -2.04. The van der Waals surface area contributed by atoms with Crippen molar-refractivity contribution in [1.82, 2.24) is 0 Å². The normalized spacial score (nSPS) is 31.0. The third kappa shape index (κ3) is 1.29. The zero-order valence-corrected chi connectivity index (χ0v) is 6.32. The maximum atomic E-state index is 5.39. The highest BCUT2D eigenvalue weighted by atomic mass is 16.7. The molecule has 1 aromatic rings. The minimum atomic E-state index is -0.292. The molecule has 3 heteroatoms. The summed E-state index contributed by atoms with van der Waals surface area (Å²) in [5.41, 5.74) is 0. The Morgan fingerprint density at radius 2 is 2.45 bits per heavy atom. The van der Waals surface area contributed by atoms with Crippen molar-refractivity contribution in [2.45, 2.75) is 19.3 Å². The number of hydrogen-bond donors (Lipinski definition) is 0. The van der Waals surface area contributed by atoms with Gasteiger partial charge in [-0.25, -0.2) is 0 Å². The van der Waals surface area contributed by atoms with E-state index in [-0.39, 0.29) is 12.4 Å². The van der Waals surface area contributed by atoms with Crippen molar-refractivity contribution < 1.29 is 13.9 Å². The summed E-state index contributed by atoms with van der Waals surface area (Å²) in [5.74, 6) is 0.745. The Labute approximate surface area is 64.9 Å². The lowest BCUT2D eigenvalue weighted by atomic mass is 10.4. The molecule has 0 N–H and O–H groups in total. The van der Waals surface area contributed by atoms with E-state index in [1.807, 2.05) is 19.1 Å². The molecule has 2 heterocycles. The van der Waals surface area contributed by atoms with Crippen LogP contribution in [0.2, 0.25) is 0 Å². The monoisotopic (exact) mass is 154 g/mol. The fraction of sp³-hybridized carbons (Fsp3) is 0.500. The van der Waals surface area contributed by atoms with E-state index in [4.69, 9.17) is 13.9 Å². The molecular formula is C8H10O3. The number of furan rings is 1. The van der Waals surface area contributed by atoms with Gasteiger partial charge in [0.1, 0.15) is 0 Å². The molecule has 1 aliphatic rings. The SMILES string of the molecule is CC1COC(c2ccco2)O1. The van der Waals surface area contributed by atoms with E-state index >= 15 is 0 Å². The van der Waals surface area contributed by atoms with Gasteiger partial charge in [0.2, 0.25) is 6.29 Å². The van der Waals surface area contributed by atoms with Crippen LogP contribution in [0.5, 0.6) is 0 Å². The smallest absolute Gasteiger partial charge is 0.217 e. The second-order valence-corrected chi connectivity index (χ2v) is 2.63. The largest absolute Gasteiger partial charge is 0.464 e. The fourth-order valence-corrected chi connectivity index (χ4v) is 1.09. The van der Waals surface area contributed by atoms with E-state index in [9.17, 15) is 0 Å². The minimum Gasteiger partial charge on any atom is -0.464 e. The lowest BCUT2D eigenvalue weighted by molar-refractivity contribution is -0.0711. The predicted molar refractivity (Wildman–Crippen MR) is 37.9 cm³/mol. The van der Waals surface area contributed by atoms with Gasteiger partial charge < -0.3 is 13.9 Å². The third-order valence-electron chi connectivity index (χ3n) is 1.61. The third-order valence-corrected chi connectivity index (χ3v) is 1.61. The summed E-state index contributed by atoms with van der Waals surface area (Å²) in [6.07, 6.45) is 1.50. The molecular weight excluding hydrogens is 144 g/mol. The standard InChI is InChI=1S/C8H10O3/c1-6-5-10-8(11-6)7-3-2-4-9-7/h2-4,6,8H,5H2,1H3. The average Bonchev–Trinajstić information content (AvgIpc) is 2.55. The first-order valence-corrected chi connectivity index (χ1v) is 3.67. The van der Waals surface area contributed by atoms with Gasteiger partial charge in [0.25, 0.3) is 0 Å². The van der Waals surface area contributed by atoms with Gasteiger partial charge in [-0.2, -0.15) is 0 Å². The maximum absolute atomic E-state index is 5.39. The Bertz CT molecular complexity index is 217. The number of rotatable bonds is 1. The van der Waals surface area contributed by atoms with Crippen LogP contribution in [-0.2, 0) is 9.47 Å². The van der Waals surface area contributed by atoms with Crippen LogP contribution < -0.4 is 0 Å². The van der Waals surface area contributed by atoms with Crippen molar-refractivity contribution >= 4 is 0 Å². The molecule has 1 saturated heterocycles. The zero-order chi connectivity index (χ0) is 7.68. The van der Waals surface area contributed by atoms with Crippen LogP contribution in [0.3, 0.4) is 0 Å². The summed E-state index contributed by atoms with van der Waals surface area (Å²) in [6.45, 7) is 2.62. The van der Waals surface area contributed by atoms with Crippen molar-refractivity contribution in [3.05, 3.63) is 24.2 Å². The van der Waals surface area contributed by atoms with E-state index in [1.54, 1.807) is 6.26 Å². The molecule has 2 atom stereocenters. The topological polar surface area (TPSA) is 31.6 Å². The summed E-state index contributed by atoms with van der Waals surface area (Å²) >= 11 is 0. The molecule has 2 rings (SSSR count). The number of hydrogen-bond acceptors (Lipinski definition) is 3. The van der Waals surface area contributed by atoms with Crippen molar-refractivity contribution in [2.75, 3.05) is 6.61 Å². The molecule has 0 spiro atoms. The van der Waals surface area contributed by atoms with Gasteiger partial charge in [-0.1, -0.05) is 0 Å². The molecule has 0 amide bonds. The van der Waals surface area contributed by atoms with Gasteiger partial charge in [-0.3, -0.25) is 0 Å². The van der Waals surface area contributed by atoms with Crippen LogP contribution >= 0.6 is 0 Å². The van der Waals surface area contributed by atoms with Crippen molar-refractivity contribution in [1.29, 1.82) is 0 Å². The highest BCUT2D eigenvalue weighted by Crippen LogP contribution is 2.26. The molecule has 0 bridgehead atoms. The first kappa shape index (κ1) is 6.88. The van der Waals surface area contributed by atoms with Crippen LogP contribution in [0.1, 0.15) is 19.0 Å². The van der Waals surface area contributed by atoms with Gasteiger partial charge in [0, 0.05) is 0 Å². The molecule has 0 radical (unpaired) electrons. The van der Waals surface area contributed by atoms with E-state index in [2.05, 4.69) is 0 Å². The lowest BCUT2D eigenvalue weighted by Crippen LogP contribution is -2.01. The molecule has 1 fully saturated rings. The Morgan fingerprint density at radius 3 is 3.00 bits per heavy atom. The summed E-state index contributed by atoms with van der Waals surface area (Å²) in [6, 6.07) is 3.67. The fourth-order valence-electron chi connectivity index (χ4n) is 1.09. The van der Waals surface area contributed by atoms with E-state index in [1.165, 1.54) is 0 Å². The molecule has 1 aliphatic heterocycles. The molecule has 3 nitrogen and oxygen atoms in total. The predicted octanol–water partition coefficient (Wildman–Crippen LogP) is 1.71. The van der Waals surface area contributed by atoms with Gasteiger partial charge in [-0.15, -0.1) is 0 Å². The summed E-state index contributed by atoms with van der Waals surface area (Å²) in [5, 5.41) is 0. The average molecular weight is 154 g/mol. The first-order valence-electron chi connectivity index (χ1n) is 3.67. The van der Waals surface area contributed by atoms with Crippen LogP contribution in [0.15, 0.2) is 22.8 Å². The summed E-state index contributed by atoms with van der Waals surface area (Å²) in [4.78, 5) is 0. The molecule has 0 saturated carbocycles. The Kier molecular flexibility index (Phi) is 1.68. The van der Waals surface area contributed by atoms with Crippen molar-refractivity contribution in [3.8, 4) is 0 Å². The van der Waals surface area contributed by atoms with Crippen LogP contribution in [0.4, 0.5) is 0 Å². The van der Waals surface area contributed by atoms with Crippen LogP contribution in [0.25, 0.3) is 0 Å². The highest BCUT2D eigenvalue weighted by molar-refractivity contribution is 5.00. The molecule has 0 aliphatic carbocycles. The molecule has 0 aromatic carbocycles. The van der Waals surface area contributed by atoms with E-state index < -0.39 is 0 Å². The quantitative estimate of drug-likeness (QED) is 0.617. The Hall–Kier alpha value is -0.800. The minimum absolute atomic E-state index is 0.171. The van der Waals surface area contributed by atoms with E-state index in [0.29, 0.717) is 6.61 Å². The van der Waals surface area contributed by atoms with Gasteiger partial charge in [0.15, 0.2) is 5.76 Å². The maximum Gasteiger partial charge on any atom is 0.217 e. The van der Waals surface area contributed by atoms with Gasteiger partial charge in [-0.05, 0) is 19.1 Å². The molecule has 1 aromatic heterocycles. The van der Waals surface area contributed by atoms with Crippen LogP contribution in [0, 0.1) is 0 Å². The van der Waals surface area contributed by atoms with E-state index in [0.717, 1.165) is 5.76 Å². The number of ether oxygens (including phenoxy) is 2. The Balaban J connectivity index is 2.08. The van der Waals surface area contributed by atoms with Gasteiger partial charge in [0.05, 0.1) is 19.0 Å². The highest BCUT2D eigenvalue weighted by Gasteiger charge is 2.25. The van der Waals surface area contributed by atoms with Gasteiger partial charge >= 0.3 is 0 Å². The van der Waals surface area contributed by atoms with Crippen molar-refractivity contribution in [3.63, 3.8) is 0 Å². The van der Waals surface area contributed by atoms with Crippen LogP contribution in [-0.4, -0.2) is 12.7 Å². The second kappa shape index (κ2) is 2.68. The molecule has 2 unspecified atom stereocenters. The Morgan fingerprint density at radius 1 is 1.55 bits per heavy atom. The van der Waals surface area contributed by atoms with Crippen molar-refractivity contribution in [2.24, 2.45) is 0 Å². The first-order chi connectivity index (χ1) is 5.36. The zero-order valence-electron chi connectivity index (χ0n) is 6.32. The summed E-state index contributed by atoms with van der Waals surface area (Å²) in [7, 11) is 0. The second-order valence-electron chi connectivity index (χ2n) is 2.63. The molecule has 11 heavy (non-hydrogen) atoms.